The van der Waals surface area contributed by atoms with Crippen molar-refractivity contribution in [1.82, 2.24) is 0 Å². The van der Waals surface area contributed by atoms with Gasteiger partial charge in [0, 0.05) is 11.1 Å². The van der Waals surface area contributed by atoms with E-state index in [9.17, 15) is 8.78 Å². The van der Waals surface area contributed by atoms with Crippen molar-refractivity contribution < 1.29 is 8.78 Å². The van der Waals surface area contributed by atoms with Crippen LogP contribution >= 0.6 is 15.9 Å². The van der Waals surface area contributed by atoms with E-state index in [1.807, 2.05) is 0 Å². The molecule has 4 heteroatoms. The molecule has 1 saturated carbocycles. The van der Waals surface area contributed by atoms with Crippen molar-refractivity contribution in [2.75, 3.05) is 0 Å². The molecule has 94 valence electrons. The predicted molar refractivity (Wildman–Crippen MR) is 67.7 cm³/mol. The number of aryl methyl sites for hydroxylation is 1. The van der Waals surface area contributed by atoms with Gasteiger partial charge in [0.1, 0.15) is 11.6 Å². The van der Waals surface area contributed by atoms with E-state index in [0.29, 0.717) is 22.9 Å². The molecule has 1 aliphatic rings. The molecule has 0 bridgehead atoms. The third-order valence-electron chi connectivity index (χ3n) is 3.58. The minimum Gasteiger partial charge on any atom is -0.321 e. The van der Waals surface area contributed by atoms with Crippen molar-refractivity contribution in [3.8, 4) is 0 Å². The van der Waals surface area contributed by atoms with E-state index < -0.39 is 17.2 Å². The van der Waals surface area contributed by atoms with Gasteiger partial charge in [0.05, 0.1) is 4.47 Å². The number of benzene rings is 1. The molecule has 0 saturated heterocycles. The minimum absolute atomic E-state index is 0.0593. The summed E-state index contributed by atoms with van der Waals surface area (Å²) in [4.78, 5) is 0. The number of rotatable bonds is 1. The zero-order chi connectivity index (χ0) is 12.6. The average Bonchev–Trinajstić information content (AvgIpc) is 2.27. The lowest BCUT2D eigenvalue weighted by Gasteiger charge is -2.34. The van der Waals surface area contributed by atoms with Gasteiger partial charge in [-0.15, -0.1) is 0 Å². The molecule has 0 aromatic heterocycles. The Bertz CT molecular complexity index is 413. The molecule has 0 atom stereocenters. The molecule has 1 fully saturated rings. The zero-order valence-corrected chi connectivity index (χ0v) is 11.4. The maximum absolute atomic E-state index is 14.1. The van der Waals surface area contributed by atoms with Crippen LogP contribution in [0.15, 0.2) is 10.5 Å². The highest BCUT2D eigenvalue weighted by Gasteiger charge is 2.36. The Morgan fingerprint density at radius 2 is 1.76 bits per heavy atom. The fourth-order valence-electron chi connectivity index (χ4n) is 2.60. The van der Waals surface area contributed by atoms with Gasteiger partial charge >= 0.3 is 0 Å². The average molecular weight is 304 g/mol. The zero-order valence-electron chi connectivity index (χ0n) is 9.82. The van der Waals surface area contributed by atoms with Crippen molar-refractivity contribution >= 4 is 15.9 Å². The van der Waals surface area contributed by atoms with Crippen LogP contribution in [0.4, 0.5) is 8.78 Å². The third-order valence-corrected chi connectivity index (χ3v) is 4.16. The molecule has 17 heavy (non-hydrogen) atoms. The van der Waals surface area contributed by atoms with E-state index in [1.165, 1.54) is 6.07 Å². The van der Waals surface area contributed by atoms with E-state index in [0.717, 1.165) is 19.3 Å². The van der Waals surface area contributed by atoms with E-state index in [4.69, 9.17) is 5.73 Å². The predicted octanol–water partition coefficient (Wildman–Crippen LogP) is 4.15. The molecule has 0 aliphatic heterocycles. The molecule has 2 rings (SSSR count). The summed E-state index contributed by atoms with van der Waals surface area (Å²) in [6.45, 7) is 1.63. The van der Waals surface area contributed by atoms with Crippen LogP contribution in [0.25, 0.3) is 0 Å². The summed E-state index contributed by atoms with van der Waals surface area (Å²) < 4.78 is 28.5. The number of halogens is 3. The number of nitrogens with two attached hydrogens (primary N) is 1. The third kappa shape index (κ3) is 2.25. The second-order valence-electron chi connectivity index (χ2n) is 4.90. The second-order valence-corrected chi connectivity index (χ2v) is 5.75. The van der Waals surface area contributed by atoms with Gasteiger partial charge in [-0.05, 0) is 47.3 Å². The van der Waals surface area contributed by atoms with E-state index >= 15 is 0 Å². The topological polar surface area (TPSA) is 26.0 Å². The van der Waals surface area contributed by atoms with Crippen LogP contribution in [0, 0.1) is 18.6 Å². The van der Waals surface area contributed by atoms with Gasteiger partial charge in [0.2, 0.25) is 0 Å². The maximum atomic E-state index is 14.1. The highest BCUT2D eigenvalue weighted by Crippen LogP contribution is 2.39. The molecule has 2 N–H and O–H groups in total. The Hall–Kier alpha value is -0.480. The first-order valence-electron chi connectivity index (χ1n) is 5.89. The Balaban J connectivity index is 2.57. The Labute approximate surface area is 109 Å². The molecule has 0 spiro atoms. The van der Waals surface area contributed by atoms with Crippen LogP contribution in [0.1, 0.15) is 43.2 Å². The van der Waals surface area contributed by atoms with Crippen LogP contribution in [0.3, 0.4) is 0 Å². The molecule has 0 amide bonds. The van der Waals surface area contributed by atoms with Crippen LogP contribution < -0.4 is 5.73 Å². The molecule has 0 radical (unpaired) electrons. The lowest BCUT2D eigenvalue weighted by molar-refractivity contribution is 0.281. The van der Waals surface area contributed by atoms with Crippen LogP contribution in [0.2, 0.25) is 0 Å². The van der Waals surface area contributed by atoms with Crippen LogP contribution in [-0.4, -0.2) is 0 Å². The Kier molecular flexibility index (Phi) is 3.55. The number of hydrogen-bond donors (Lipinski definition) is 1. The smallest absolute Gasteiger partial charge is 0.145 e. The van der Waals surface area contributed by atoms with Gasteiger partial charge in [0.15, 0.2) is 0 Å². The van der Waals surface area contributed by atoms with E-state index in [2.05, 4.69) is 15.9 Å². The second kappa shape index (κ2) is 4.65. The number of hydrogen-bond acceptors (Lipinski definition) is 1. The van der Waals surface area contributed by atoms with Crippen molar-refractivity contribution in [3.05, 3.63) is 33.3 Å². The molecule has 1 aromatic rings. The van der Waals surface area contributed by atoms with Crippen LogP contribution in [-0.2, 0) is 5.54 Å². The summed E-state index contributed by atoms with van der Waals surface area (Å²) in [7, 11) is 0. The van der Waals surface area contributed by atoms with Crippen molar-refractivity contribution in [3.63, 3.8) is 0 Å². The molecule has 0 unspecified atom stereocenters. The first kappa shape index (κ1) is 13.0. The molecule has 1 aromatic carbocycles. The first-order chi connectivity index (χ1) is 7.96. The summed E-state index contributed by atoms with van der Waals surface area (Å²) in [6, 6.07) is 1.46. The van der Waals surface area contributed by atoms with Gasteiger partial charge in [0.25, 0.3) is 0 Å². The highest BCUT2D eigenvalue weighted by molar-refractivity contribution is 9.10. The monoisotopic (exact) mass is 303 g/mol. The van der Waals surface area contributed by atoms with Gasteiger partial charge in [-0.25, -0.2) is 8.78 Å². The fraction of sp³-hybridized carbons (Fsp3) is 0.538. The van der Waals surface area contributed by atoms with E-state index in [1.54, 1.807) is 6.92 Å². The van der Waals surface area contributed by atoms with Gasteiger partial charge in [-0.2, -0.15) is 0 Å². The first-order valence-corrected chi connectivity index (χ1v) is 6.68. The lowest BCUT2D eigenvalue weighted by atomic mass is 9.76. The van der Waals surface area contributed by atoms with Crippen LogP contribution in [0.5, 0.6) is 0 Å². The molecular weight excluding hydrogens is 288 g/mol. The lowest BCUT2D eigenvalue weighted by Crippen LogP contribution is -2.40. The Morgan fingerprint density at radius 3 is 2.35 bits per heavy atom. The van der Waals surface area contributed by atoms with Crippen molar-refractivity contribution in [2.24, 2.45) is 5.73 Å². The van der Waals surface area contributed by atoms with Crippen molar-refractivity contribution in [1.29, 1.82) is 0 Å². The highest BCUT2D eigenvalue weighted by atomic mass is 79.9. The van der Waals surface area contributed by atoms with Gasteiger partial charge in [-0.1, -0.05) is 19.3 Å². The summed E-state index contributed by atoms with van der Waals surface area (Å²) in [5.41, 5.74) is 5.87. The van der Waals surface area contributed by atoms with Gasteiger partial charge in [-0.3, -0.25) is 0 Å². The Morgan fingerprint density at radius 1 is 1.18 bits per heavy atom. The summed E-state index contributed by atoms with van der Waals surface area (Å²) >= 11 is 3.12. The van der Waals surface area contributed by atoms with Crippen molar-refractivity contribution in [2.45, 2.75) is 44.6 Å². The van der Waals surface area contributed by atoms with Gasteiger partial charge < -0.3 is 5.73 Å². The SMILES string of the molecule is Cc1cc(Br)c(F)c(C2(N)CCCCC2)c1F. The minimum atomic E-state index is -0.846. The molecule has 0 heterocycles. The summed E-state index contributed by atoms with van der Waals surface area (Å²) in [5.74, 6) is -1.03. The molecule has 1 aliphatic carbocycles. The normalized spacial score (nSPS) is 19.4. The summed E-state index contributed by atoms with van der Waals surface area (Å²) in [5, 5.41) is 0. The summed E-state index contributed by atoms with van der Waals surface area (Å²) in [6.07, 6.45) is 4.25. The quantitative estimate of drug-likeness (QED) is 0.775. The van der Waals surface area contributed by atoms with E-state index in [-0.39, 0.29) is 5.56 Å². The molecule has 1 nitrogen and oxygen atoms in total. The fourth-order valence-corrected chi connectivity index (χ4v) is 3.14. The maximum Gasteiger partial charge on any atom is 0.145 e. The molecular formula is C13H16BrF2N. The standard InChI is InChI=1S/C13H16BrF2N/c1-8-7-9(14)12(16)10(11(8)15)13(17)5-3-2-4-6-13/h7H,2-6,17H2,1H3. The largest absolute Gasteiger partial charge is 0.321 e.